The topological polar surface area (TPSA) is 101 Å². The number of hydrogen-bond donors (Lipinski definition) is 2. The molecule has 0 aromatic carbocycles. The molecule has 1 aliphatic carbocycles. The predicted molar refractivity (Wildman–Crippen MR) is 91.5 cm³/mol. The number of hydrogen-bond acceptors (Lipinski definition) is 5. The third-order valence-corrected chi connectivity index (χ3v) is 4.63. The molecule has 7 heteroatoms. The van der Waals surface area contributed by atoms with E-state index in [-0.39, 0.29) is 17.5 Å². The molecule has 0 saturated heterocycles. The van der Waals surface area contributed by atoms with E-state index in [1.165, 1.54) is 6.07 Å². The van der Waals surface area contributed by atoms with E-state index < -0.39 is 0 Å². The van der Waals surface area contributed by atoms with E-state index in [1.54, 1.807) is 19.1 Å². The first-order chi connectivity index (χ1) is 12.0. The molecule has 0 radical (unpaired) electrons. The number of rotatable bonds is 2. The van der Waals surface area contributed by atoms with Crippen LogP contribution in [0, 0.1) is 13.8 Å². The summed E-state index contributed by atoms with van der Waals surface area (Å²) in [5, 5.41) is 7.64. The van der Waals surface area contributed by atoms with Gasteiger partial charge in [-0.05, 0) is 50.8 Å². The fourth-order valence-electron chi connectivity index (χ4n) is 3.48. The Morgan fingerprint density at radius 3 is 3.04 bits per heavy atom. The van der Waals surface area contributed by atoms with Crippen molar-refractivity contribution in [3.63, 3.8) is 0 Å². The molecule has 3 aromatic rings. The van der Waals surface area contributed by atoms with Crippen LogP contribution in [0.2, 0.25) is 0 Å². The number of pyridine rings is 2. The van der Waals surface area contributed by atoms with Crippen LogP contribution >= 0.6 is 0 Å². The van der Waals surface area contributed by atoms with Crippen LogP contribution in [-0.4, -0.2) is 21.0 Å². The molecule has 1 unspecified atom stereocenters. The largest absolute Gasteiger partial charge is 0.345 e. The van der Waals surface area contributed by atoms with Crippen molar-refractivity contribution in [2.45, 2.75) is 39.2 Å². The Morgan fingerprint density at radius 2 is 2.20 bits per heavy atom. The molecule has 128 valence electrons. The van der Waals surface area contributed by atoms with Crippen molar-refractivity contribution in [3.05, 3.63) is 56.8 Å². The maximum Gasteiger partial charge on any atom is 0.258 e. The highest BCUT2D eigenvalue weighted by Crippen LogP contribution is 2.29. The molecular weight excluding hydrogens is 320 g/mol. The molecule has 7 nitrogen and oxygen atoms in total. The Hall–Kier alpha value is -2.96. The van der Waals surface area contributed by atoms with Gasteiger partial charge in [0, 0.05) is 17.5 Å². The van der Waals surface area contributed by atoms with Crippen molar-refractivity contribution in [2.24, 2.45) is 0 Å². The minimum atomic E-state index is -0.189. The van der Waals surface area contributed by atoms with Crippen LogP contribution in [0.1, 0.15) is 51.9 Å². The van der Waals surface area contributed by atoms with Crippen LogP contribution in [0.4, 0.5) is 0 Å². The van der Waals surface area contributed by atoms with Gasteiger partial charge < -0.3 is 14.8 Å². The fraction of sp³-hybridized carbons (Fsp3) is 0.333. The van der Waals surface area contributed by atoms with Gasteiger partial charge in [0.1, 0.15) is 0 Å². The Morgan fingerprint density at radius 1 is 1.36 bits per heavy atom. The number of nitrogens with zero attached hydrogens (tertiary/aromatic N) is 2. The molecule has 1 aliphatic rings. The molecule has 25 heavy (non-hydrogen) atoms. The molecule has 0 bridgehead atoms. The number of carbonyl (C=O) groups excluding carboxylic acids is 1. The van der Waals surface area contributed by atoms with E-state index in [1.807, 2.05) is 6.92 Å². The van der Waals surface area contributed by atoms with Crippen molar-refractivity contribution < 1.29 is 9.32 Å². The molecule has 3 heterocycles. The second-order valence-corrected chi connectivity index (χ2v) is 6.43. The van der Waals surface area contributed by atoms with Crippen LogP contribution < -0.4 is 10.9 Å². The molecule has 4 rings (SSSR count). The summed E-state index contributed by atoms with van der Waals surface area (Å²) in [7, 11) is 0. The van der Waals surface area contributed by atoms with Gasteiger partial charge in [0.25, 0.3) is 11.6 Å². The van der Waals surface area contributed by atoms with Crippen LogP contribution in [0.15, 0.2) is 27.5 Å². The number of aryl methyl sites for hydroxylation is 3. The second-order valence-electron chi connectivity index (χ2n) is 6.43. The number of amides is 1. The average Bonchev–Trinajstić information content (AvgIpc) is 2.95. The first kappa shape index (κ1) is 15.6. The van der Waals surface area contributed by atoms with Crippen LogP contribution in [-0.2, 0) is 6.42 Å². The van der Waals surface area contributed by atoms with Gasteiger partial charge in [-0.25, -0.2) is 4.98 Å². The number of H-pyrrole nitrogens is 1. The molecular formula is C18H18N4O3. The standard InChI is InChI=1S/C18H18N4O3/c1-9-8-12(16-10(2)22-25-18(16)19-9)17(24)21-14-5-3-4-13-11(14)6-7-15(23)20-13/h6-8,14H,3-5H2,1-2H3,(H,20,23)(H,21,24). The lowest BCUT2D eigenvalue weighted by Gasteiger charge is -2.26. The van der Waals surface area contributed by atoms with Gasteiger partial charge in [-0.2, -0.15) is 0 Å². The summed E-state index contributed by atoms with van der Waals surface area (Å²) >= 11 is 0. The maximum absolute atomic E-state index is 12.9. The minimum absolute atomic E-state index is 0.114. The monoisotopic (exact) mass is 338 g/mol. The fourth-order valence-corrected chi connectivity index (χ4v) is 3.48. The molecule has 1 atom stereocenters. The predicted octanol–water partition coefficient (Wildman–Crippen LogP) is 2.34. The third-order valence-electron chi connectivity index (χ3n) is 4.63. The molecule has 0 saturated carbocycles. The number of fused-ring (bicyclic) bond motifs is 2. The second kappa shape index (κ2) is 5.84. The Kier molecular flexibility index (Phi) is 3.63. The molecule has 1 amide bonds. The van der Waals surface area contributed by atoms with E-state index >= 15 is 0 Å². The molecule has 0 fully saturated rings. The zero-order valence-electron chi connectivity index (χ0n) is 14.0. The zero-order valence-corrected chi connectivity index (χ0v) is 14.0. The first-order valence-electron chi connectivity index (χ1n) is 8.29. The van der Waals surface area contributed by atoms with Crippen molar-refractivity contribution in [2.75, 3.05) is 0 Å². The van der Waals surface area contributed by atoms with E-state index in [0.717, 1.165) is 30.5 Å². The van der Waals surface area contributed by atoms with E-state index in [9.17, 15) is 9.59 Å². The summed E-state index contributed by atoms with van der Waals surface area (Å²) in [6.45, 7) is 3.61. The lowest BCUT2D eigenvalue weighted by atomic mass is 9.91. The Labute approximate surface area is 143 Å². The normalized spacial score (nSPS) is 16.6. The number of aromatic nitrogens is 3. The van der Waals surface area contributed by atoms with Gasteiger partial charge in [-0.15, -0.1) is 0 Å². The summed E-state index contributed by atoms with van der Waals surface area (Å²) in [6.07, 6.45) is 2.57. The maximum atomic E-state index is 12.9. The van der Waals surface area contributed by atoms with Crippen LogP contribution in [0.25, 0.3) is 11.1 Å². The van der Waals surface area contributed by atoms with E-state index in [2.05, 4.69) is 20.4 Å². The van der Waals surface area contributed by atoms with Crippen molar-refractivity contribution in [1.29, 1.82) is 0 Å². The number of aromatic amines is 1. The Bertz CT molecular complexity index is 1030. The van der Waals surface area contributed by atoms with Gasteiger partial charge >= 0.3 is 0 Å². The molecule has 2 N–H and O–H groups in total. The number of carbonyl (C=O) groups is 1. The van der Waals surface area contributed by atoms with Gasteiger partial charge in [-0.3, -0.25) is 9.59 Å². The minimum Gasteiger partial charge on any atom is -0.345 e. The highest BCUT2D eigenvalue weighted by atomic mass is 16.5. The van der Waals surface area contributed by atoms with Crippen molar-refractivity contribution in [3.8, 4) is 0 Å². The summed E-state index contributed by atoms with van der Waals surface area (Å²) in [5.74, 6) is -0.189. The summed E-state index contributed by atoms with van der Waals surface area (Å²) in [6, 6.07) is 4.92. The zero-order chi connectivity index (χ0) is 17.6. The highest BCUT2D eigenvalue weighted by Gasteiger charge is 2.25. The first-order valence-corrected chi connectivity index (χ1v) is 8.29. The van der Waals surface area contributed by atoms with E-state index in [4.69, 9.17) is 4.52 Å². The van der Waals surface area contributed by atoms with Gasteiger partial charge in [-0.1, -0.05) is 5.16 Å². The van der Waals surface area contributed by atoms with Gasteiger partial charge in [0.15, 0.2) is 0 Å². The lowest BCUT2D eigenvalue weighted by Crippen LogP contribution is -2.32. The average molecular weight is 338 g/mol. The quantitative estimate of drug-likeness (QED) is 0.747. The van der Waals surface area contributed by atoms with Crippen LogP contribution in [0.3, 0.4) is 0 Å². The SMILES string of the molecule is Cc1cc(C(=O)NC2CCCc3[nH]c(=O)ccc32)c2c(C)noc2n1. The van der Waals surface area contributed by atoms with Crippen molar-refractivity contribution >= 4 is 17.0 Å². The molecule has 0 spiro atoms. The van der Waals surface area contributed by atoms with Crippen LogP contribution in [0.5, 0.6) is 0 Å². The highest BCUT2D eigenvalue weighted by molar-refractivity contribution is 6.06. The Balaban J connectivity index is 1.70. The van der Waals surface area contributed by atoms with Crippen molar-refractivity contribution in [1.82, 2.24) is 20.4 Å². The molecule has 3 aromatic heterocycles. The molecule has 0 aliphatic heterocycles. The summed E-state index contributed by atoms with van der Waals surface area (Å²) in [5.41, 5.74) is 3.99. The van der Waals surface area contributed by atoms with E-state index in [0.29, 0.717) is 28.1 Å². The summed E-state index contributed by atoms with van der Waals surface area (Å²) < 4.78 is 5.20. The lowest BCUT2D eigenvalue weighted by molar-refractivity contribution is 0.0934. The van der Waals surface area contributed by atoms with Gasteiger partial charge in [0.05, 0.1) is 22.7 Å². The van der Waals surface area contributed by atoms with Gasteiger partial charge in [0.2, 0.25) is 5.56 Å². The third kappa shape index (κ3) is 2.71. The number of nitrogens with one attached hydrogen (secondary N) is 2. The summed E-state index contributed by atoms with van der Waals surface area (Å²) in [4.78, 5) is 31.6. The smallest absolute Gasteiger partial charge is 0.258 e.